The summed E-state index contributed by atoms with van der Waals surface area (Å²) in [4.78, 5) is 0. The van der Waals surface area contributed by atoms with Crippen LogP contribution in [0, 0.1) is 23.2 Å². The number of thioether (sulfide) groups is 1. The fourth-order valence-corrected chi connectivity index (χ4v) is 4.94. The molecule has 0 N–H and O–H groups in total. The van der Waals surface area contributed by atoms with E-state index in [1.165, 1.54) is 43.4 Å². The van der Waals surface area contributed by atoms with E-state index in [1.807, 2.05) is 0 Å². The van der Waals surface area contributed by atoms with Crippen LogP contribution in [0.2, 0.25) is 0 Å². The molecule has 0 spiro atoms. The van der Waals surface area contributed by atoms with Gasteiger partial charge in [0.2, 0.25) is 0 Å². The highest BCUT2D eigenvalue weighted by Crippen LogP contribution is 2.39. The van der Waals surface area contributed by atoms with Crippen molar-refractivity contribution in [2.75, 3.05) is 5.75 Å². The molecule has 1 fully saturated rings. The summed E-state index contributed by atoms with van der Waals surface area (Å²) in [6.45, 7) is 18.4. The molecule has 0 radical (unpaired) electrons. The third-order valence-corrected chi connectivity index (χ3v) is 7.05. The van der Waals surface area contributed by atoms with Gasteiger partial charge in [-0.05, 0) is 41.8 Å². The van der Waals surface area contributed by atoms with Crippen LogP contribution in [-0.2, 0) is 0 Å². The van der Waals surface area contributed by atoms with Crippen molar-refractivity contribution in [3.63, 3.8) is 0 Å². The van der Waals surface area contributed by atoms with Gasteiger partial charge in [-0.2, -0.15) is 11.8 Å². The molecule has 0 aliphatic carbocycles. The first-order valence-corrected chi connectivity index (χ1v) is 9.59. The molecule has 1 rings (SSSR count). The first-order valence-electron chi connectivity index (χ1n) is 8.54. The van der Waals surface area contributed by atoms with E-state index < -0.39 is 0 Å². The van der Waals surface area contributed by atoms with E-state index in [0.717, 1.165) is 17.1 Å². The fourth-order valence-electron chi connectivity index (χ4n) is 3.18. The molecule has 118 valence electrons. The molecule has 0 bridgehead atoms. The van der Waals surface area contributed by atoms with Gasteiger partial charge >= 0.3 is 0 Å². The quantitative estimate of drug-likeness (QED) is 0.378. The lowest BCUT2D eigenvalue weighted by Gasteiger charge is -2.27. The molecular formula is C19H36S. The summed E-state index contributed by atoms with van der Waals surface area (Å²) in [5, 5.41) is 0.937. The van der Waals surface area contributed by atoms with Gasteiger partial charge in [0.1, 0.15) is 0 Å². The van der Waals surface area contributed by atoms with Crippen molar-refractivity contribution in [1.29, 1.82) is 0 Å². The van der Waals surface area contributed by atoms with Crippen molar-refractivity contribution >= 4 is 11.8 Å². The molecule has 1 aliphatic rings. The monoisotopic (exact) mass is 296 g/mol. The first-order chi connectivity index (χ1) is 9.23. The van der Waals surface area contributed by atoms with Gasteiger partial charge < -0.3 is 0 Å². The van der Waals surface area contributed by atoms with Crippen LogP contribution >= 0.6 is 11.8 Å². The predicted octanol–water partition coefficient (Wildman–Crippen LogP) is 6.56. The number of hydrogen-bond donors (Lipinski definition) is 0. The molecule has 1 aliphatic heterocycles. The highest BCUT2D eigenvalue weighted by molar-refractivity contribution is 8.00. The minimum Gasteiger partial charge on any atom is -0.158 e. The highest BCUT2D eigenvalue weighted by atomic mass is 32.2. The SMILES string of the molecule is C=C(C(C)CCCCCC1SCC(C)C1C)C(C)(C)C. The van der Waals surface area contributed by atoms with Gasteiger partial charge in [0.05, 0.1) is 0 Å². The van der Waals surface area contributed by atoms with Gasteiger partial charge in [-0.25, -0.2) is 0 Å². The second-order valence-electron chi connectivity index (χ2n) is 8.02. The molecule has 1 heteroatoms. The van der Waals surface area contributed by atoms with E-state index in [0.29, 0.717) is 5.92 Å². The first kappa shape index (κ1) is 18.1. The van der Waals surface area contributed by atoms with Gasteiger partial charge in [0.25, 0.3) is 0 Å². The lowest BCUT2D eigenvalue weighted by atomic mass is 9.79. The molecule has 0 amide bonds. The van der Waals surface area contributed by atoms with Crippen molar-refractivity contribution in [2.45, 2.75) is 78.9 Å². The number of hydrogen-bond acceptors (Lipinski definition) is 1. The van der Waals surface area contributed by atoms with Gasteiger partial charge in [0, 0.05) is 5.25 Å². The van der Waals surface area contributed by atoms with Crippen molar-refractivity contribution in [1.82, 2.24) is 0 Å². The van der Waals surface area contributed by atoms with Crippen LogP contribution < -0.4 is 0 Å². The van der Waals surface area contributed by atoms with Crippen LogP contribution in [0.4, 0.5) is 0 Å². The Morgan fingerprint density at radius 1 is 1.20 bits per heavy atom. The molecule has 0 aromatic rings. The molecule has 1 heterocycles. The van der Waals surface area contributed by atoms with Crippen LogP contribution in [0.25, 0.3) is 0 Å². The Bertz CT molecular complexity index is 299. The number of allylic oxidation sites excluding steroid dienone is 1. The summed E-state index contributed by atoms with van der Waals surface area (Å²) < 4.78 is 0. The Hall–Kier alpha value is 0.0900. The lowest BCUT2D eigenvalue weighted by Crippen LogP contribution is -2.15. The molecule has 0 aromatic carbocycles. The molecule has 1 saturated heterocycles. The Balaban J connectivity index is 2.12. The summed E-state index contributed by atoms with van der Waals surface area (Å²) in [6.07, 6.45) is 6.95. The molecule has 0 aromatic heterocycles. The number of unbranched alkanes of at least 4 members (excludes halogenated alkanes) is 2. The number of rotatable bonds is 7. The Morgan fingerprint density at radius 3 is 2.35 bits per heavy atom. The summed E-state index contributed by atoms with van der Waals surface area (Å²) >= 11 is 2.22. The molecule has 4 atom stereocenters. The highest BCUT2D eigenvalue weighted by Gasteiger charge is 2.29. The van der Waals surface area contributed by atoms with E-state index in [-0.39, 0.29) is 5.41 Å². The van der Waals surface area contributed by atoms with Crippen LogP contribution in [0.5, 0.6) is 0 Å². The normalized spacial score (nSPS) is 28.6. The summed E-state index contributed by atoms with van der Waals surface area (Å²) in [6, 6.07) is 0. The van der Waals surface area contributed by atoms with E-state index in [1.54, 1.807) is 0 Å². The smallest absolute Gasteiger partial charge is 0.00756 e. The fraction of sp³-hybridized carbons (Fsp3) is 0.895. The summed E-state index contributed by atoms with van der Waals surface area (Å²) in [5.74, 6) is 3.92. The lowest BCUT2D eigenvalue weighted by molar-refractivity contribution is 0.400. The van der Waals surface area contributed by atoms with Crippen LogP contribution in [0.15, 0.2) is 12.2 Å². The Labute approximate surface area is 132 Å². The van der Waals surface area contributed by atoms with E-state index in [9.17, 15) is 0 Å². The van der Waals surface area contributed by atoms with Crippen molar-refractivity contribution in [3.8, 4) is 0 Å². The van der Waals surface area contributed by atoms with Gasteiger partial charge in [0.15, 0.2) is 0 Å². The largest absolute Gasteiger partial charge is 0.158 e. The standard InChI is InChI=1S/C19H36S/c1-14(17(4)19(5,6)7)11-9-8-10-12-18-16(3)15(2)13-20-18/h14-16,18H,4,8-13H2,1-3,5-7H3. The zero-order valence-electron chi connectivity index (χ0n) is 14.7. The van der Waals surface area contributed by atoms with E-state index in [4.69, 9.17) is 0 Å². The molecule has 4 unspecified atom stereocenters. The van der Waals surface area contributed by atoms with Crippen molar-refractivity contribution in [2.24, 2.45) is 23.2 Å². The minimum absolute atomic E-state index is 0.269. The zero-order valence-corrected chi connectivity index (χ0v) is 15.5. The topological polar surface area (TPSA) is 0 Å². The Kier molecular flexibility index (Phi) is 7.18. The maximum Gasteiger partial charge on any atom is 0.00756 e. The molecule has 0 nitrogen and oxygen atoms in total. The second kappa shape index (κ2) is 7.92. The molecule has 0 saturated carbocycles. The maximum absolute atomic E-state index is 4.30. The van der Waals surface area contributed by atoms with Gasteiger partial charge in [-0.3, -0.25) is 0 Å². The second-order valence-corrected chi connectivity index (χ2v) is 9.29. The Morgan fingerprint density at radius 2 is 1.85 bits per heavy atom. The van der Waals surface area contributed by atoms with Crippen LogP contribution in [0.1, 0.15) is 73.6 Å². The van der Waals surface area contributed by atoms with Crippen LogP contribution in [0.3, 0.4) is 0 Å². The van der Waals surface area contributed by atoms with Gasteiger partial charge in [-0.15, -0.1) is 0 Å². The zero-order chi connectivity index (χ0) is 15.3. The average Bonchev–Trinajstić information content (AvgIpc) is 2.67. The summed E-state index contributed by atoms with van der Waals surface area (Å²) in [7, 11) is 0. The maximum atomic E-state index is 4.30. The third kappa shape index (κ3) is 5.47. The minimum atomic E-state index is 0.269. The summed E-state index contributed by atoms with van der Waals surface area (Å²) in [5.41, 5.74) is 1.69. The van der Waals surface area contributed by atoms with Crippen molar-refractivity contribution in [3.05, 3.63) is 12.2 Å². The van der Waals surface area contributed by atoms with Gasteiger partial charge in [-0.1, -0.05) is 73.0 Å². The van der Waals surface area contributed by atoms with E-state index >= 15 is 0 Å². The predicted molar refractivity (Wildman–Crippen MR) is 95.4 cm³/mol. The van der Waals surface area contributed by atoms with Crippen LogP contribution in [-0.4, -0.2) is 11.0 Å². The molecule has 20 heavy (non-hydrogen) atoms. The van der Waals surface area contributed by atoms with E-state index in [2.05, 4.69) is 59.9 Å². The average molecular weight is 297 g/mol. The molecular weight excluding hydrogens is 260 g/mol. The van der Waals surface area contributed by atoms with Crippen molar-refractivity contribution < 1.29 is 0 Å². The third-order valence-electron chi connectivity index (χ3n) is 5.24.